The zero-order chi connectivity index (χ0) is 18.3. The molecule has 2 aromatic carbocycles. The van der Waals surface area contributed by atoms with Gasteiger partial charge in [-0.3, -0.25) is 9.36 Å². The van der Waals surface area contributed by atoms with Crippen LogP contribution >= 0.6 is 0 Å². The van der Waals surface area contributed by atoms with Crippen LogP contribution in [0.15, 0.2) is 54.8 Å². The Morgan fingerprint density at radius 1 is 1.19 bits per heavy atom. The smallest absolute Gasteiger partial charge is 0.227 e. The fourth-order valence-electron chi connectivity index (χ4n) is 3.60. The van der Waals surface area contributed by atoms with E-state index >= 15 is 0 Å². The van der Waals surface area contributed by atoms with E-state index in [4.69, 9.17) is 4.98 Å². The third-order valence-corrected chi connectivity index (χ3v) is 5.14. The number of aryl methyl sites for hydroxylation is 2. The highest BCUT2D eigenvalue weighted by molar-refractivity contribution is 5.96. The minimum absolute atomic E-state index is 0.0427. The molecule has 0 spiro atoms. The fraction of sp³-hybridized carbons (Fsp3) is 0.227. The van der Waals surface area contributed by atoms with Crippen LogP contribution in [0.5, 0.6) is 0 Å². The van der Waals surface area contributed by atoms with Gasteiger partial charge in [-0.05, 0) is 49.2 Å². The quantitative estimate of drug-likeness (QED) is 0.660. The van der Waals surface area contributed by atoms with Crippen molar-refractivity contribution in [3.63, 3.8) is 0 Å². The summed E-state index contributed by atoms with van der Waals surface area (Å²) in [6, 6.07) is 14.2. The molecule has 0 aliphatic carbocycles. The van der Waals surface area contributed by atoms with Crippen LogP contribution in [0.1, 0.15) is 29.3 Å². The van der Waals surface area contributed by atoms with Gasteiger partial charge in [-0.15, -0.1) is 5.73 Å². The molecule has 0 saturated carbocycles. The Morgan fingerprint density at radius 2 is 2.00 bits per heavy atom. The molecular formula is C22H21N3O. The van der Waals surface area contributed by atoms with Crippen LogP contribution in [0.3, 0.4) is 0 Å². The van der Waals surface area contributed by atoms with Gasteiger partial charge in [-0.25, -0.2) is 4.98 Å². The molecule has 1 saturated heterocycles. The van der Waals surface area contributed by atoms with E-state index in [0.29, 0.717) is 13.0 Å². The average molecular weight is 343 g/mol. The van der Waals surface area contributed by atoms with Crippen LogP contribution in [0, 0.1) is 13.8 Å². The maximum absolute atomic E-state index is 12.7. The van der Waals surface area contributed by atoms with Gasteiger partial charge >= 0.3 is 0 Å². The van der Waals surface area contributed by atoms with E-state index in [1.165, 1.54) is 11.1 Å². The van der Waals surface area contributed by atoms with E-state index in [2.05, 4.69) is 38.3 Å². The predicted molar refractivity (Wildman–Crippen MR) is 105 cm³/mol. The van der Waals surface area contributed by atoms with E-state index in [0.717, 1.165) is 22.5 Å². The molecule has 1 atom stereocenters. The summed E-state index contributed by atoms with van der Waals surface area (Å²) in [5, 5.41) is 0. The molecule has 1 aliphatic rings. The van der Waals surface area contributed by atoms with E-state index in [1.54, 1.807) is 6.20 Å². The summed E-state index contributed by atoms with van der Waals surface area (Å²) in [5.41, 5.74) is 8.16. The standard InChI is InChI=1S/C22H21N3O/c1-4-11-24-20-8-6-5-7-19(20)23-22(24)17-13-21(26)25(14-17)18-10-9-15(2)16(3)12-18/h5-12,17H,1,13-14H2,2-3H3. The first-order valence-electron chi connectivity index (χ1n) is 8.79. The number of carbonyl (C=O) groups excluding carboxylic acids is 1. The van der Waals surface area contributed by atoms with Gasteiger partial charge in [0.15, 0.2) is 0 Å². The molecule has 1 aliphatic heterocycles. The van der Waals surface area contributed by atoms with Crippen molar-refractivity contribution < 1.29 is 4.79 Å². The summed E-state index contributed by atoms with van der Waals surface area (Å²) in [4.78, 5) is 19.4. The number of fused-ring (bicyclic) bond motifs is 1. The highest BCUT2D eigenvalue weighted by Crippen LogP contribution is 2.33. The number of hydrogen-bond acceptors (Lipinski definition) is 2. The number of anilines is 1. The lowest BCUT2D eigenvalue weighted by Gasteiger charge is -2.18. The van der Waals surface area contributed by atoms with Crippen LogP contribution in [0.4, 0.5) is 5.69 Å². The van der Waals surface area contributed by atoms with Crippen molar-refractivity contribution in [1.29, 1.82) is 0 Å². The van der Waals surface area contributed by atoms with Crippen LogP contribution < -0.4 is 4.90 Å². The molecule has 130 valence electrons. The summed E-state index contributed by atoms with van der Waals surface area (Å²) >= 11 is 0. The SMILES string of the molecule is C=C=Cn1c(C2CC(=O)N(c3ccc(C)c(C)c3)C2)nc2ccccc21. The first kappa shape index (κ1) is 16.4. The van der Waals surface area contributed by atoms with E-state index in [1.807, 2.05) is 39.8 Å². The number of amides is 1. The summed E-state index contributed by atoms with van der Waals surface area (Å²) in [7, 11) is 0. The monoisotopic (exact) mass is 343 g/mol. The van der Waals surface area contributed by atoms with E-state index in [9.17, 15) is 4.79 Å². The maximum atomic E-state index is 12.7. The molecule has 4 nitrogen and oxygen atoms in total. The Morgan fingerprint density at radius 3 is 2.77 bits per heavy atom. The van der Waals surface area contributed by atoms with Crippen LogP contribution in [0.25, 0.3) is 17.2 Å². The van der Waals surface area contributed by atoms with E-state index < -0.39 is 0 Å². The average Bonchev–Trinajstić information content (AvgIpc) is 3.19. The summed E-state index contributed by atoms with van der Waals surface area (Å²) in [6.45, 7) is 8.49. The van der Waals surface area contributed by atoms with Crippen molar-refractivity contribution in [1.82, 2.24) is 9.55 Å². The molecule has 26 heavy (non-hydrogen) atoms. The molecule has 0 radical (unpaired) electrons. The normalized spacial score (nSPS) is 16.9. The van der Waals surface area contributed by atoms with Crippen molar-refractivity contribution in [3.8, 4) is 0 Å². The first-order valence-corrected chi connectivity index (χ1v) is 8.79. The Balaban J connectivity index is 1.73. The number of nitrogens with zero attached hydrogens (tertiary/aromatic N) is 3. The second-order valence-electron chi connectivity index (χ2n) is 6.84. The minimum Gasteiger partial charge on any atom is -0.312 e. The Labute approximate surface area is 153 Å². The second kappa shape index (κ2) is 6.32. The zero-order valence-electron chi connectivity index (χ0n) is 15.1. The second-order valence-corrected chi connectivity index (χ2v) is 6.84. The van der Waals surface area contributed by atoms with Gasteiger partial charge in [0.2, 0.25) is 5.91 Å². The zero-order valence-corrected chi connectivity index (χ0v) is 15.1. The predicted octanol–water partition coefficient (Wildman–Crippen LogP) is 4.43. The molecule has 4 rings (SSSR count). The van der Waals surface area contributed by atoms with Gasteiger partial charge < -0.3 is 4.90 Å². The number of rotatable bonds is 3. The minimum atomic E-state index is 0.0427. The van der Waals surface area contributed by atoms with Crippen molar-refractivity contribution in [2.45, 2.75) is 26.2 Å². The lowest BCUT2D eigenvalue weighted by Crippen LogP contribution is -2.24. The van der Waals surface area contributed by atoms with Gasteiger partial charge in [-0.2, -0.15) is 0 Å². The summed E-state index contributed by atoms with van der Waals surface area (Å²) in [6.07, 6.45) is 2.26. The Kier molecular flexibility index (Phi) is 3.98. The van der Waals surface area contributed by atoms with Crippen LogP contribution in [-0.4, -0.2) is 22.0 Å². The number of benzene rings is 2. The van der Waals surface area contributed by atoms with Crippen LogP contribution in [0.2, 0.25) is 0 Å². The molecule has 4 heteroatoms. The highest BCUT2D eigenvalue weighted by Gasteiger charge is 2.34. The van der Waals surface area contributed by atoms with Crippen LogP contribution in [-0.2, 0) is 4.79 Å². The van der Waals surface area contributed by atoms with Crippen molar-refractivity contribution in [3.05, 3.63) is 71.7 Å². The van der Waals surface area contributed by atoms with Gasteiger partial charge in [0.1, 0.15) is 5.82 Å². The molecule has 3 aromatic rings. The lowest BCUT2D eigenvalue weighted by atomic mass is 10.1. The highest BCUT2D eigenvalue weighted by atomic mass is 16.2. The van der Waals surface area contributed by atoms with Crippen molar-refractivity contribution in [2.24, 2.45) is 0 Å². The van der Waals surface area contributed by atoms with Gasteiger partial charge in [0.25, 0.3) is 0 Å². The molecule has 0 N–H and O–H groups in total. The summed E-state index contributed by atoms with van der Waals surface area (Å²) < 4.78 is 2.00. The maximum Gasteiger partial charge on any atom is 0.227 e. The molecule has 1 amide bonds. The molecular weight excluding hydrogens is 322 g/mol. The number of hydrogen-bond donors (Lipinski definition) is 0. The molecule has 0 bridgehead atoms. The van der Waals surface area contributed by atoms with Crippen molar-refractivity contribution in [2.75, 3.05) is 11.4 Å². The third-order valence-electron chi connectivity index (χ3n) is 5.14. The number of imidazole rings is 1. The summed E-state index contributed by atoms with van der Waals surface area (Å²) in [5.74, 6) is 1.07. The molecule has 2 heterocycles. The topological polar surface area (TPSA) is 38.1 Å². The lowest BCUT2D eigenvalue weighted by molar-refractivity contribution is -0.117. The van der Waals surface area contributed by atoms with E-state index in [-0.39, 0.29) is 11.8 Å². The molecule has 1 unspecified atom stereocenters. The Bertz CT molecular complexity index is 1060. The Hall–Kier alpha value is -3.10. The largest absolute Gasteiger partial charge is 0.312 e. The number of aromatic nitrogens is 2. The fourth-order valence-corrected chi connectivity index (χ4v) is 3.60. The number of carbonyl (C=O) groups is 1. The van der Waals surface area contributed by atoms with Crippen molar-refractivity contribution >= 4 is 28.8 Å². The van der Waals surface area contributed by atoms with Gasteiger partial charge in [0.05, 0.1) is 17.2 Å². The molecule has 1 aromatic heterocycles. The third kappa shape index (κ3) is 2.65. The number of para-hydroxylation sites is 2. The molecule has 1 fully saturated rings. The first-order chi connectivity index (χ1) is 12.6. The van der Waals surface area contributed by atoms with Gasteiger partial charge in [0, 0.05) is 24.6 Å². The van der Waals surface area contributed by atoms with Gasteiger partial charge in [-0.1, -0.05) is 24.8 Å².